The Bertz CT molecular complexity index is 1260. The van der Waals surface area contributed by atoms with Crippen molar-refractivity contribution >= 4 is 68.8 Å². The van der Waals surface area contributed by atoms with E-state index in [4.69, 9.17) is 27.9 Å². The van der Waals surface area contributed by atoms with Crippen molar-refractivity contribution in [3.05, 3.63) is 91.9 Å². The predicted octanol–water partition coefficient (Wildman–Crippen LogP) is 5.37. The summed E-state index contributed by atoms with van der Waals surface area (Å²) in [5.74, 6) is -2.34. The maximum Gasteiger partial charge on any atom is 0.343 e. The van der Waals surface area contributed by atoms with Crippen LogP contribution in [0.25, 0.3) is 0 Å². The molecule has 0 aliphatic heterocycles. The zero-order valence-corrected chi connectivity index (χ0v) is 20.2. The maximum atomic E-state index is 12.5. The smallest absolute Gasteiger partial charge is 0.343 e. The van der Waals surface area contributed by atoms with Gasteiger partial charge in [0.1, 0.15) is 5.75 Å². The lowest BCUT2D eigenvalue weighted by Gasteiger charge is -2.09. The van der Waals surface area contributed by atoms with Gasteiger partial charge in [-0.2, -0.15) is 5.10 Å². The monoisotopic (exact) mass is 547 g/mol. The van der Waals surface area contributed by atoms with Gasteiger partial charge >= 0.3 is 17.8 Å². The van der Waals surface area contributed by atoms with Crippen LogP contribution in [0.15, 0.2) is 70.2 Å². The van der Waals surface area contributed by atoms with Crippen molar-refractivity contribution in [3.63, 3.8) is 0 Å². The molecule has 0 unspecified atom stereocenters. The van der Waals surface area contributed by atoms with Gasteiger partial charge in [-0.25, -0.2) is 10.2 Å². The number of amides is 2. The van der Waals surface area contributed by atoms with Crippen LogP contribution in [0.3, 0.4) is 0 Å². The quantitative estimate of drug-likeness (QED) is 0.147. The predicted molar refractivity (Wildman–Crippen MR) is 131 cm³/mol. The van der Waals surface area contributed by atoms with Crippen LogP contribution in [0.4, 0.5) is 5.69 Å². The number of carbonyl (C=O) groups excluding carboxylic acids is 3. The van der Waals surface area contributed by atoms with E-state index in [0.29, 0.717) is 15.6 Å². The van der Waals surface area contributed by atoms with Crippen molar-refractivity contribution in [3.8, 4) is 5.75 Å². The Morgan fingerprint density at radius 3 is 2.52 bits per heavy atom. The third-order valence-corrected chi connectivity index (χ3v) is 5.52. The summed E-state index contributed by atoms with van der Waals surface area (Å²) < 4.78 is 6.17. The molecule has 0 saturated heterocycles. The van der Waals surface area contributed by atoms with Crippen molar-refractivity contribution in [2.75, 3.05) is 5.32 Å². The van der Waals surface area contributed by atoms with Gasteiger partial charge in [-0.05, 0) is 49.4 Å². The molecule has 0 bridgehead atoms. The number of anilines is 1. The Morgan fingerprint density at radius 2 is 1.76 bits per heavy atom. The Kier molecular flexibility index (Phi) is 8.21. The average molecular weight is 549 g/mol. The third-order valence-electron chi connectivity index (χ3n) is 4.20. The van der Waals surface area contributed by atoms with Gasteiger partial charge in [0.05, 0.1) is 27.5 Å². The maximum absolute atomic E-state index is 12.5. The lowest BCUT2D eigenvalue weighted by Crippen LogP contribution is -2.32. The summed E-state index contributed by atoms with van der Waals surface area (Å²) in [7, 11) is 0. The molecule has 3 aromatic carbocycles. The first kappa shape index (κ1) is 24.4. The summed E-state index contributed by atoms with van der Waals surface area (Å²) in [4.78, 5) is 36.6. The molecule has 0 spiro atoms. The van der Waals surface area contributed by atoms with Gasteiger partial charge in [0.15, 0.2) is 0 Å². The summed E-state index contributed by atoms with van der Waals surface area (Å²) >= 11 is 15.2. The number of nitrogens with one attached hydrogen (secondary N) is 2. The molecule has 2 amide bonds. The van der Waals surface area contributed by atoms with Crippen molar-refractivity contribution in [1.29, 1.82) is 0 Å². The van der Waals surface area contributed by atoms with Gasteiger partial charge < -0.3 is 10.1 Å². The number of hydrogen-bond donors (Lipinski definition) is 2. The molecule has 33 heavy (non-hydrogen) atoms. The molecule has 0 aliphatic carbocycles. The molecule has 0 aromatic heterocycles. The van der Waals surface area contributed by atoms with Crippen LogP contribution in [-0.2, 0) is 9.59 Å². The largest absolute Gasteiger partial charge is 0.422 e. The van der Waals surface area contributed by atoms with Crippen LogP contribution in [0, 0.1) is 6.92 Å². The minimum Gasteiger partial charge on any atom is -0.422 e. The number of esters is 1. The fraction of sp³-hybridized carbons (Fsp3) is 0.0435. The van der Waals surface area contributed by atoms with Crippen LogP contribution in [-0.4, -0.2) is 24.0 Å². The summed E-state index contributed by atoms with van der Waals surface area (Å²) in [6.45, 7) is 1.87. The summed E-state index contributed by atoms with van der Waals surface area (Å²) in [6.07, 6.45) is 1.25. The highest BCUT2D eigenvalue weighted by Crippen LogP contribution is 2.29. The van der Waals surface area contributed by atoms with E-state index in [1.807, 2.05) is 13.0 Å². The van der Waals surface area contributed by atoms with Crippen LogP contribution < -0.4 is 15.5 Å². The first-order valence-corrected chi connectivity index (χ1v) is 11.0. The number of ether oxygens (including phenoxy) is 1. The van der Waals surface area contributed by atoms with Crippen molar-refractivity contribution in [1.82, 2.24) is 5.43 Å². The topological polar surface area (TPSA) is 96.9 Å². The second kappa shape index (κ2) is 11.1. The second-order valence-electron chi connectivity index (χ2n) is 6.70. The van der Waals surface area contributed by atoms with E-state index in [1.54, 1.807) is 48.5 Å². The highest BCUT2D eigenvalue weighted by molar-refractivity contribution is 9.10. The molecule has 0 radical (unpaired) electrons. The highest BCUT2D eigenvalue weighted by atomic mass is 79.9. The first-order chi connectivity index (χ1) is 15.7. The third kappa shape index (κ3) is 6.64. The highest BCUT2D eigenvalue weighted by Gasteiger charge is 2.16. The number of hydrazone groups is 1. The average Bonchev–Trinajstić information content (AvgIpc) is 2.78. The van der Waals surface area contributed by atoms with Gasteiger partial charge in [-0.15, -0.1) is 0 Å². The molecule has 0 heterocycles. The Labute approximate surface area is 207 Å². The van der Waals surface area contributed by atoms with E-state index in [-0.39, 0.29) is 21.5 Å². The zero-order chi connectivity index (χ0) is 24.0. The number of nitrogens with zero attached hydrogens (tertiary/aromatic N) is 1. The van der Waals surface area contributed by atoms with E-state index in [0.717, 1.165) is 5.56 Å². The first-order valence-electron chi connectivity index (χ1n) is 9.41. The summed E-state index contributed by atoms with van der Waals surface area (Å²) in [5.41, 5.74) is 4.00. The van der Waals surface area contributed by atoms with Gasteiger partial charge in [0, 0.05) is 10.0 Å². The van der Waals surface area contributed by atoms with E-state index in [1.165, 1.54) is 12.3 Å². The fourth-order valence-electron chi connectivity index (χ4n) is 2.63. The normalized spacial score (nSPS) is 10.7. The van der Waals surface area contributed by atoms with Gasteiger partial charge in [-0.3, -0.25) is 9.59 Å². The zero-order valence-electron chi connectivity index (χ0n) is 17.1. The SMILES string of the molecule is Cc1cccc(C(=O)Oc2ccc(Br)cc2C=NNC(=O)C(=O)Nc2cccc(Cl)c2Cl)c1. The van der Waals surface area contributed by atoms with E-state index in [9.17, 15) is 14.4 Å². The number of aryl methyl sites for hydroxylation is 1. The number of hydrogen-bond acceptors (Lipinski definition) is 5. The molecule has 3 rings (SSSR count). The second-order valence-corrected chi connectivity index (χ2v) is 8.40. The lowest BCUT2D eigenvalue weighted by atomic mass is 10.1. The molecule has 0 fully saturated rings. The van der Waals surface area contributed by atoms with Crippen LogP contribution >= 0.6 is 39.1 Å². The van der Waals surface area contributed by atoms with Crippen molar-refractivity contribution in [2.45, 2.75) is 6.92 Å². The molecular weight excluding hydrogens is 533 g/mol. The van der Waals surface area contributed by atoms with Gasteiger partial charge in [-0.1, -0.05) is 62.9 Å². The molecule has 0 saturated carbocycles. The minimum absolute atomic E-state index is 0.109. The molecule has 10 heteroatoms. The summed E-state index contributed by atoms with van der Waals surface area (Å²) in [5, 5.41) is 6.48. The van der Waals surface area contributed by atoms with Crippen LogP contribution in [0.1, 0.15) is 21.5 Å². The van der Waals surface area contributed by atoms with E-state index >= 15 is 0 Å². The Hall–Kier alpha value is -3.20. The minimum atomic E-state index is -1.03. The molecule has 2 N–H and O–H groups in total. The molecular formula is C23H16BrCl2N3O4. The lowest BCUT2D eigenvalue weighted by molar-refractivity contribution is -0.136. The fourth-order valence-corrected chi connectivity index (χ4v) is 3.36. The van der Waals surface area contributed by atoms with E-state index < -0.39 is 17.8 Å². The molecule has 7 nitrogen and oxygen atoms in total. The molecule has 168 valence electrons. The molecule has 3 aromatic rings. The van der Waals surface area contributed by atoms with Crippen molar-refractivity contribution < 1.29 is 19.1 Å². The number of benzene rings is 3. The Morgan fingerprint density at radius 1 is 1.00 bits per heavy atom. The standard InChI is InChI=1S/C23H16BrCl2N3O4/c1-13-4-2-5-14(10-13)23(32)33-19-9-8-16(24)11-15(19)12-27-29-22(31)21(30)28-18-7-3-6-17(25)20(18)26/h2-12H,1H3,(H,28,30)(H,29,31). The van der Waals surface area contributed by atoms with Crippen molar-refractivity contribution in [2.24, 2.45) is 5.10 Å². The van der Waals surface area contributed by atoms with Gasteiger partial charge in [0.2, 0.25) is 0 Å². The molecule has 0 atom stereocenters. The van der Waals surface area contributed by atoms with Gasteiger partial charge in [0.25, 0.3) is 0 Å². The number of rotatable bonds is 5. The summed E-state index contributed by atoms with van der Waals surface area (Å²) in [6, 6.07) is 16.5. The molecule has 0 aliphatic rings. The Balaban J connectivity index is 1.68. The van der Waals surface area contributed by atoms with E-state index in [2.05, 4.69) is 31.8 Å². The van der Waals surface area contributed by atoms with Crippen LogP contribution in [0.2, 0.25) is 10.0 Å². The number of halogens is 3. The van der Waals surface area contributed by atoms with Crippen LogP contribution in [0.5, 0.6) is 5.75 Å². The number of carbonyl (C=O) groups is 3.